The predicted molar refractivity (Wildman–Crippen MR) is 37.2 cm³/mol. The largest absolute Gasteiger partial charge is 0.511 e. The Morgan fingerprint density at radius 1 is 1.27 bits per heavy atom. The number of hydrogen-bond acceptors (Lipinski definition) is 4. The Bertz CT molecular complexity index is 287. The maximum atomic E-state index is 12.5. The topological polar surface area (TPSA) is 93.1 Å². The maximum Gasteiger partial charge on any atom is 0.511 e. The summed E-state index contributed by atoms with van der Waals surface area (Å²) < 4.78 is 43.7. The van der Waals surface area contributed by atoms with Crippen molar-refractivity contribution in [3.63, 3.8) is 0 Å². The molecule has 0 spiro atoms. The number of carboxylic acid groups (broad SMARTS) is 2. The summed E-state index contributed by atoms with van der Waals surface area (Å²) in [5.74, 6) is -6.02. The van der Waals surface area contributed by atoms with Crippen LogP contribution in [0.2, 0.25) is 0 Å². The summed E-state index contributed by atoms with van der Waals surface area (Å²) in [6.07, 6.45) is -4.32. The molecule has 6 nitrogen and oxygen atoms in total. The molecule has 0 heterocycles. The second-order valence-electron chi connectivity index (χ2n) is 2.07. The van der Waals surface area contributed by atoms with Gasteiger partial charge in [-0.15, -0.1) is 0 Å². The molecule has 0 aromatic heterocycles. The van der Waals surface area contributed by atoms with E-state index in [-0.39, 0.29) is 6.26 Å². The van der Waals surface area contributed by atoms with Gasteiger partial charge in [0.1, 0.15) is 6.26 Å². The van der Waals surface area contributed by atoms with Crippen LogP contribution in [0.3, 0.4) is 0 Å². The normalized spacial score (nSPS) is 12.1. The minimum Gasteiger partial charge on any atom is -0.449 e. The molecule has 0 rings (SSSR count). The van der Waals surface area contributed by atoms with Gasteiger partial charge in [-0.3, -0.25) is 0 Å². The van der Waals surface area contributed by atoms with Gasteiger partial charge in [0.25, 0.3) is 0 Å². The second-order valence-corrected chi connectivity index (χ2v) is 2.07. The van der Waals surface area contributed by atoms with E-state index >= 15 is 0 Å². The monoisotopic (exact) mass is 230 g/mol. The molecule has 0 saturated heterocycles. The van der Waals surface area contributed by atoms with Crippen molar-refractivity contribution in [1.29, 1.82) is 0 Å². The van der Waals surface area contributed by atoms with E-state index in [0.29, 0.717) is 0 Å². The number of allylic oxidation sites excluding steroid dienone is 1. The fourth-order valence-electron chi connectivity index (χ4n) is 0.449. The van der Waals surface area contributed by atoms with Crippen molar-refractivity contribution in [1.82, 2.24) is 0 Å². The summed E-state index contributed by atoms with van der Waals surface area (Å²) >= 11 is 0. The molecule has 0 amide bonds. The minimum absolute atomic E-state index is 0.198. The lowest BCUT2D eigenvalue weighted by Crippen LogP contribution is -2.26. The van der Waals surface area contributed by atoms with E-state index in [1.54, 1.807) is 0 Å². The number of rotatable bonds is 4. The summed E-state index contributed by atoms with van der Waals surface area (Å²) in [4.78, 5) is 19.7. The third-order valence-electron chi connectivity index (χ3n) is 0.992. The SMILES string of the molecule is O=C(O)O/C=C(\OC(=O)O)C(F)(F)CF. The summed E-state index contributed by atoms with van der Waals surface area (Å²) in [7, 11) is 0. The van der Waals surface area contributed by atoms with Crippen molar-refractivity contribution in [2.45, 2.75) is 5.92 Å². The molecule has 0 aliphatic carbocycles. The van der Waals surface area contributed by atoms with Crippen LogP contribution in [0.15, 0.2) is 12.0 Å². The van der Waals surface area contributed by atoms with E-state index in [2.05, 4.69) is 9.47 Å². The van der Waals surface area contributed by atoms with Crippen LogP contribution < -0.4 is 0 Å². The number of ether oxygens (including phenoxy) is 2. The lowest BCUT2D eigenvalue weighted by Gasteiger charge is -2.13. The van der Waals surface area contributed by atoms with Crippen LogP contribution in [0.25, 0.3) is 0 Å². The van der Waals surface area contributed by atoms with Crippen LogP contribution in [-0.2, 0) is 9.47 Å². The van der Waals surface area contributed by atoms with Gasteiger partial charge in [0, 0.05) is 0 Å². The van der Waals surface area contributed by atoms with Crippen molar-refractivity contribution >= 4 is 12.3 Å². The van der Waals surface area contributed by atoms with Gasteiger partial charge >= 0.3 is 18.2 Å². The van der Waals surface area contributed by atoms with Gasteiger partial charge < -0.3 is 19.7 Å². The van der Waals surface area contributed by atoms with Crippen LogP contribution >= 0.6 is 0 Å². The highest BCUT2D eigenvalue weighted by Gasteiger charge is 2.39. The van der Waals surface area contributed by atoms with Gasteiger partial charge in [0.15, 0.2) is 6.67 Å². The van der Waals surface area contributed by atoms with Gasteiger partial charge in [0.05, 0.1) is 0 Å². The van der Waals surface area contributed by atoms with E-state index in [9.17, 15) is 22.8 Å². The van der Waals surface area contributed by atoms with Gasteiger partial charge in [0.2, 0.25) is 5.76 Å². The molecular weight excluding hydrogens is 225 g/mol. The standard InChI is InChI=1S/C6H5F3O6/c7-2-6(8,9)3(15-5(12)13)1-14-4(10)11/h1H,2H2,(H,10,11)(H,12,13)/b3-1-. The fourth-order valence-corrected chi connectivity index (χ4v) is 0.449. The molecule has 0 saturated carbocycles. The van der Waals surface area contributed by atoms with Gasteiger partial charge in [-0.05, 0) is 0 Å². The molecule has 0 aromatic rings. The molecule has 0 aliphatic heterocycles. The summed E-state index contributed by atoms with van der Waals surface area (Å²) in [5, 5.41) is 15.9. The second kappa shape index (κ2) is 5.08. The van der Waals surface area contributed by atoms with Crippen LogP contribution in [0.5, 0.6) is 0 Å². The quantitative estimate of drug-likeness (QED) is 0.565. The molecule has 0 aliphatic rings. The first kappa shape index (κ1) is 13.1. The summed E-state index contributed by atoms with van der Waals surface area (Å²) in [6, 6.07) is 0. The molecule has 9 heteroatoms. The molecule has 0 unspecified atom stereocenters. The molecule has 0 radical (unpaired) electrons. The van der Waals surface area contributed by atoms with Gasteiger partial charge in [-0.1, -0.05) is 0 Å². The number of hydrogen-bond donors (Lipinski definition) is 2. The van der Waals surface area contributed by atoms with E-state index < -0.39 is 30.7 Å². The molecule has 0 fully saturated rings. The lowest BCUT2D eigenvalue weighted by molar-refractivity contribution is -0.0364. The predicted octanol–water partition coefficient (Wildman–Crippen LogP) is 1.82. The first-order valence-corrected chi connectivity index (χ1v) is 3.24. The Morgan fingerprint density at radius 2 is 1.80 bits per heavy atom. The van der Waals surface area contributed by atoms with Crippen LogP contribution in [0.4, 0.5) is 22.8 Å². The Kier molecular flexibility index (Phi) is 4.42. The van der Waals surface area contributed by atoms with E-state index in [4.69, 9.17) is 10.2 Å². The molecule has 0 atom stereocenters. The summed E-state index contributed by atoms with van der Waals surface area (Å²) in [6.45, 7) is -2.25. The number of carbonyl (C=O) groups is 2. The number of alkyl halides is 3. The van der Waals surface area contributed by atoms with Crippen LogP contribution in [0.1, 0.15) is 0 Å². The Morgan fingerprint density at radius 3 is 2.13 bits per heavy atom. The molecule has 2 N–H and O–H groups in total. The highest BCUT2D eigenvalue weighted by Crippen LogP contribution is 2.25. The summed E-state index contributed by atoms with van der Waals surface area (Å²) in [5.41, 5.74) is 0. The van der Waals surface area contributed by atoms with Crippen molar-refractivity contribution < 1.29 is 42.4 Å². The fraction of sp³-hybridized carbons (Fsp3) is 0.333. The van der Waals surface area contributed by atoms with Crippen molar-refractivity contribution in [2.75, 3.05) is 6.67 Å². The van der Waals surface area contributed by atoms with Crippen molar-refractivity contribution in [2.24, 2.45) is 0 Å². The van der Waals surface area contributed by atoms with Crippen molar-refractivity contribution in [3.8, 4) is 0 Å². The first-order chi connectivity index (χ1) is 6.79. The molecule has 86 valence electrons. The van der Waals surface area contributed by atoms with E-state index in [1.165, 1.54) is 0 Å². The Labute approximate surface area is 80.5 Å². The zero-order valence-electron chi connectivity index (χ0n) is 6.95. The molecule has 0 bridgehead atoms. The average Bonchev–Trinajstić information content (AvgIpc) is 2.11. The zero-order valence-corrected chi connectivity index (χ0v) is 6.95. The highest BCUT2D eigenvalue weighted by molar-refractivity contribution is 5.60. The minimum atomic E-state index is -4.27. The van der Waals surface area contributed by atoms with Crippen molar-refractivity contribution in [3.05, 3.63) is 12.0 Å². The van der Waals surface area contributed by atoms with Crippen LogP contribution in [-0.4, -0.2) is 35.1 Å². The van der Waals surface area contributed by atoms with Gasteiger partial charge in [-0.2, -0.15) is 8.78 Å². The number of halogens is 3. The lowest BCUT2D eigenvalue weighted by atomic mass is 10.3. The first-order valence-electron chi connectivity index (χ1n) is 3.24. The average molecular weight is 230 g/mol. The maximum absolute atomic E-state index is 12.5. The Balaban J connectivity index is 4.79. The smallest absolute Gasteiger partial charge is 0.449 e. The van der Waals surface area contributed by atoms with E-state index in [1.807, 2.05) is 0 Å². The van der Waals surface area contributed by atoms with E-state index in [0.717, 1.165) is 0 Å². The third kappa shape index (κ3) is 4.74. The molecular formula is C6H5F3O6. The molecule has 0 aromatic carbocycles. The third-order valence-corrected chi connectivity index (χ3v) is 0.992. The molecule has 15 heavy (non-hydrogen) atoms. The Hall–Kier alpha value is -1.93. The van der Waals surface area contributed by atoms with Gasteiger partial charge in [-0.25, -0.2) is 14.0 Å². The van der Waals surface area contributed by atoms with Crippen LogP contribution in [0, 0.1) is 0 Å². The highest BCUT2D eigenvalue weighted by atomic mass is 19.3. The zero-order chi connectivity index (χ0) is 12.1.